The fourth-order valence-corrected chi connectivity index (χ4v) is 3.08. The van der Waals surface area contributed by atoms with E-state index in [-0.39, 0.29) is 5.54 Å². The molecule has 3 aromatic rings. The second-order valence-electron chi connectivity index (χ2n) is 5.95. The minimum Gasteiger partial charge on any atom is -0.420 e. The number of halogens is 1. The first-order valence-corrected chi connectivity index (χ1v) is 8.41. The third-order valence-electron chi connectivity index (χ3n) is 3.10. The number of thioether (sulfide) groups is 1. The molecule has 0 saturated carbocycles. The van der Waals surface area contributed by atoms with E-state index in [4.69, 9.17) is 16.0 Å². The summed E-state index contributed by atoms with van der Waals surface area (Å²) in [5.41, 5.74) is 0.728. The molecule has 3 rings (SSSR count). The van der Waals surface area contributed by atoms with Crippen LogP contribution in [0.2, 0.25) is 5.02 Å². The highest BCUT2D eigenvalue weighted by Gasteiger charge is 2.19. The summed E-state index contributed by atoms with van der Waals surface area (Å²) in [5.74, 6) is 1.52. The van der Waals surface area contributed by atoms with E-state index in [1.807, 2.05) is 16.7 Å². The number of aromatic nitrogens is 5. The maximum Gasteiger partial charge on any atom is 0.247 e. The number of benzene rings is 1. The van der Waals surface area contributed by atoms with Crippen molar-refractivity contribution < 1.29 is 4.42 Å². The first-order valence-electron chi connectivity index (χ1n) is 7.05. The van der Waals surface area contributed by atoms with E-state index >= 15 is 0 Å². The largest absolute Gasteiger partial charge is 0.420 e. The molecule has 0 radical (unpaired) electrons. The Hall–Kier alpha value is -1.86. The SMILES string of the molecule is CC(C)(C)n1cnnc1SCc1nnc(-c2cccc(Cl)c2)o1. The van der Waals surface area contributed by atoms with Crippen LogP contribution in [0.5, 0.6) is 0 Å². The Morgan fingerprint density at radius 2 is 2.04 bits per heavy atom. The van der Waals surface area contributed by atoms with Gasteiger partial charge in [-0.15, -0.1) is 20.4 Å². The van der Waals surface area contributed by atoms with Gasteiger partial charge in [0, 0.05) is 16.1 Å². The van der Waals surface area contributed by atoms with Crippen LogP contribution in [0.3, 0.4) is 0 Å². The van der Waals surface area contributed by atoms with E-state index in [0.29, 0.717) is 22.6 Å². The van der Waals surface area contributed by atoms with E-state index in [0.717, 1.165) is 10.7 Å². The molecule has 0 saturated heterocycles. The van der Waals surface area contributed by atoms with Crippen LogP contribution < -0.4 is 0 Å². The van der Waals surface area contributed by atoms with Gasteiger partial charge in [0.15, 0.2) is 5.16 Å². The highest BCUT2D eigenvalue weighted by molar-refractivity contribution is 7.98. The molecule has 8 heteroatoms. The van der Waals surface area contributed by atoms with E-state index < -0.39 is 0 Å². The Balaban J connectivity index is 1.72. The summed E-state index contributed by atoms with van der Waals surface area (Å²) in [6.45, 7) is 6.30. The predicted octanol–water partition coefficient (Wildman–Crippen LogP) is 4.03. The van der Waals surface area contributed by atoms with E-state index in [2.05, 4.69) is 41.2 Å². The van der Waals surface area contributed by atoms with E-state index in [1.165, 1.54) is 11.8 Å². The summed E-state index contributed by atoms with van der Waals surface area (Å²) in [6, 6.07) is 7.33. The number of nitrogens with zero attached hydrogens (tertiary/aromatic N) is 5. The van der Waals surface area contributed by atoms with Crippen LogP contribution in [0.15, 0.2) is 40.2 Å². The predicted molar refractivity (Wildman–Crippen MR) is 89.3 cm³/mol. The van der Waals surface area contributed by atoms with Gasteiger partial charge in [-0.1, -0.05) is 29.4 Å². The smallest absolute Gasteiger partial charge is 0.247 e. The molecular formula is C15H16ClN5OS. The Labute approximate surface area is 143 Å². The molecule has 0 atom stereocenters. The average molecular weight is 350 g/mol. The van der Waals surface area contributed by atoms with Gasteiger partial charge in [0.05, 0.1) is 5.75 Å². The van der Waals surface area contributed by atoms with Crippen LogP contribution in [-0.4, -0.2) is 25.0 Å². The van der Waals surface area contributed by atoms with Gasteiger partial charge < -0.3 is 8.98 Å². The Morgan fingerprint density at radius 3 is 2.78 bits per heavy atom. The lowest BCUT2D eigenvalue weighted by Gasteiger charge is -2.21. The molecule has 0 N–H and O–H groups in total. The minimum absolute atomic E-state index is 0.0768. The van der Waals surface area contributed by atoms with Crippen molar-refractivity contribution in [2.24, 2.45) is 0 Å². The normalized spacial score (nSPS) is 11.8. The standard InChI is InChI=1S/C15H16ClN5OS/c1-15(2,3)21-9-17-20-14(21)23-8-12-18-19-13(22-12)10-5-4-6-11(16)7-10/h4-7,9H,8H2,1-3H3. The zero-order valence-electron chi connectivity index (χ0n) is 13.0. The maximum absolute atomic E-state index is 5.98. The molecule has 0 fully saturated rings. The average Bonchev–Trinajstić information content (AvgIpc) is 3.14. The van der Waals surface area contributed by atoms with Crippen molar-refractivity contribution in [3.05, 3.63) is 41.5 Å². The van der Waals surface area contributed by atoms with Crippen molar-refractivity contribution in [1.82, 2.24) is 25.0 Å². The lowest BCUT2D eigenvalue weighted by atomic mass is 10.1. The lowest BCUT2D eigenvalue weighted by molar-refractivity contribution is 0.367. The molecule has 0 amide bonds. The highest BCUT2D eigenvalue weighted by atomic mass is 35.5. The van der Waals surface area contributed by atoms with Crippen molar-refractivity contribution in [3.8, 4) is 11.5 Å². The molecule has 120 valence electrons. The molecule has 0 bridgehead atoms. The summed E-state index contributed by atoms with van der Waals surface area (Å²) in [6.07, 6.45) is 1.73. The van der Waals surface area contributed by atoms with Gasteiger partial charge in [0.1, 0.15) is 6.33 Å². The summed E-state index contributed by atoms with van der Waals surface area (Å²) in [4.78, 5) is 0. The van der Waals surface area contributed by atoms with Crippen LogP contribution in [0.4, 0.5) is 0 Å². The van der Waals surface area contributed by atoms with Crippen LogP contribution in [-0.2, 0) is 11.3 Å². The molecular weight excluding hydrogens is 334 g/mol. The fraction of sp³-hybridized carbons (Fsp3) is 0.333. The third-order valence-corrected chi connectivity index (χ3v) is 4.27. The molecule has 2 aromatic heterocycles. The maximum atomic E-state index is 5.98. The van der Waals surface area contributed by atoms with Gasteiger partial charge in [-0.25, -0.2) is 0 Å². The number of rotatable bonds is 4. The van der Waals surface area contributed by atoms with Crippen molar-refractivity contribution in [2.45, 2.75) is 37.2 Å². The van der Waals surface area contributed by atoms with Crippen LogP contribution in [0.1, 0.15) is 26.7 Å². The summed E-state index contributed by atoms with van der Waals surface area (Å²) >= 11 is 7.49. The Kier molecular flexibility index (Phi) is 4.41. The molecule has 0 aliphatic heterocycles. The molecule has 23 heavy (non-hydrogen) atoms. The van der Waals surface area contributed by atoms with Gasteiger partial charge in [-0.05, 0) is 39.0 Å². The fourth-order valence-electron chi connectivity index (χ4n) is 1.96. The second kappa shape index (κ2) is 6.33. The lowest BCUT2D eigenvalue weighted by Crippen LogP contribution is -2.21. The highest BCUT2D eigenvalue weighted by Crippen LogP contribution is 2.27. The molecule has 0 unspecified atom stereocenters. The van der Waals surface area contributed by atoms with Crippen molar-refractivity contribution in [1.29, 1.82) is 0 Å². The zero-order valence-corrected chi connectivity index (χ0v) is 14.6. The molecule has 1 aromatic carbocycles. The van der Waals surface area contributed by atoms with E-state index in [1.54, 1.807) is 18.5 Å². The molecule has 0 aliphatic rings. The quantitative estimate of drug-likeness (QED) is 0.662. The van der Waals surface area contributed by atoms with Crippen LogP contribution in [0, 0.1) is 0 Å². The second-order valence-corrected chi connectivity index (χ2v) is 7.33. The minimum atomic E-state index is -0.0768. The monoisotopic (exact) mass is 349 g/mol. The van der Waals surface area contributed by atoms with Gasteiger partial charge >= 0.3 is 0 Å². The first kappa shape index (κ1) is 16.0. The topological polar surface area (TPSA) is 69.6 Å². The Bertz CT molecular complexity index is 808. The van der Waals surface area contributed by atoms with Crippen molar-refractivity contribution in [2.75, 3.05) is 0 Å². The van der Waals surface area contributed by atoms with Crippen molar-refractivity contribution in [3.63, 3.8) is 0 Å². The van der Waals surface area contributed by atoms with Gasteiger partial charge in [0.25, 0.3) is 0 Å². The first-order chi connectivity index (χ1) is 10.9. The van der Waals surface area contributed by atoms with Gasteiger partial charge in [0.2, 0.25) is 11.8 Å². The summed E-state index contributed by atoms with van der Waals surface area (Å²) in [7, 11) is 0. The molecule has 0 aliphatic carbocycles. The molecule has 2 heterocycles. The van der Waals surface area contributed by atoms with Crippen molar-refractivity contribution >= 4 is 23.4 Å². The van der Waals surface area contributed by atoms with Crippen LogP contribution in [0.25, 0.3) is 11.5 Å². The number of hydrogen-bond acceptors (Lipinski definition) is 6. The third kappa shape index (κ3) is 3.73. The van der Waals surface area contributed by atoms with E-state index in [9.17, 15) is 0 Å². The molecule has 0 spiro atoms. The Morgan fingerprint density at radius 1 is 1.22 bits per heavy atom. The van der Waals surface area contributed by atoms with Crippen LogP contribution >= 0.6 is 23.4 Å². The van der Waals surface area contributed by atoms with Gasteiger partial charge in [-0.3, -0.25) is 0 Å². The number of hydrogen-bond donors (Lipinski definition) is 0. The summed E-state index contributed by atoms with van der Waals surface area (Å²) in [5, 5.41) is 17.7. The summed E-state index contributed by atoms with van der Waals surface area (Å²) < 4.78 is 7.71. The zero-order chi connectivity index (χ0) is 16.4. The molecule has 6 nitrogen and oxygen atoms in total. The van der Waals surface area contributed by atoms with Gasteiger partial charge in [-0.2, -0.15) is 0 Å².